The lowest BCUT2D eigenvalue weighted by atomic mass is 10.00. The van der Waals surface area contributed by atoms with Gasteiger partial charge in [-0.25, -0.2) is 4.79 Å². The molecule has 0 bridgehead atoms. The van der Waals surface area contributed by atoms with Crippen molar-refractivity contribution in [2.45, 2.75) is 20.5 Å². The number of rotatable bonds is 0. The molecule has 0 atom stereocenters. The first-order chi connectivity index (χ1) is 6.11. The molecule has 68 valence electrons. The number of carbonyl (C=O) groups is 1. The first kappa shape index (κ1) is 8.10. The van der Waals surface area contributed by atoms with Crippen molar-refractivity contribution in [1.82, 2.24) is 0 Å². The van der Waals surface area contributed by atoms with Gasteiger partial charge >= 0.3 is 5.97 Å². The van der Waals surface area contributed by atoms with Crippen LogP contribution in [0.3, 0.4) is 0 Å². The molecule has 0 aliphatic carbocycles. The number of hydrogen-bond donors (Lipinski definition) is 1. The highest BCUT2D eigenvalue weighted by molar-refractivity contribution is 5.97. The van der Waals surface area contributed by atoms with Gasteiger partial charge in [-0.2, -0.15) is 0 Å². The molecule has 1 aliphatic rings. The van der Waals surface area contributed by atoms with Gasteiger partial charge in [-0.05, 0) is 25.0 Å². The lowest BCUT2D eigenvalue weighted by molar-refractivity contribution is 0.0533. The van der Waals surface area contributed by atoms with Crippen molar-refractivity contribution in [2.24, 2.45) is 0 Å². The van der Waals surface area contributed by atoms with Gasteiger partial charge < -0.3 is 9.84 Å². The largest absolute Gasteiger partial charge is 0.507 e. The van der Waals surface area contributed by atoms with Gasteiger partial charge in [0.25, 0.3) is 0 Å². The topological polar surface area (TPSA) is 46.5 Å². The summed E-state index contributed by atoms with van der Waals surface area (Å²) in [6.45, 7) is 3.97. The molecule has 1 heterocycles. The maximum Gasteiger partial charge on any atom is 0.342 e. The lowest BCUT2D eigenvalue weighted by Crippen LogP contribution is -1.96. The summed E-state index contributed by atoms with van der Waals surface area (Å²) in [7, 11) is 0. The first-order valence-electron chi connectivity index (χ1n) is 4.10. The van der Waals surface area contributed by atoms with Crippen LogP contribution in [0.4, 0.5) is 0 Å². The fraction of sp³-hybridized carbons (Fsp3) is 0.300. The summed E-state index contributed by atoms with van der Waals surface area (Å²) < 4.78 is 4.84. The van der Waals surface area contributed by atoms with E-state index >= 15 is 0 Å². The molecule has 0 aromatic heterocycles. The van der Waals surface area contributed by atoms with Crippen LogP contribution in [-0.4, -0.2) is 11.1 Å². The van der Waals surface area contributed by atoms with Crippen LogP contribution in [0, 0.1) is 13.8 Å². The number of aryl methyl sites for hydroxylation is 2. The van der Waals surface area contributed by atoms with Crippen LogP contribution in [-0.2, 0) is 11.3 Å². The van der Waals surface area contributed by atoms with Crippen LogP contribution in [0.1, 0.15) is 27.0 Å². The Morgan fingerprint density at radius 3 is 2.77 bits per heavy atom. The Labute approximate surface area is 76.0 Å². The van der Waals surface area contributed by atoms with E-state index in [2.05, 4.69) is 0 Å². The second-order valence-electron chi connectivity index (χ2n) is 3.29. The lowest BCUT2D eigenvalue weighted by Gasteiger charge is -2.05. The quantitative estimate of drug-likeness (QED) is 0.615. The molecule has 0 amide bonds. The Hall–Kier alpha value is -1.51. The van der Waals surface area contributed by atoms with E-state index in [4.69, 9.17) is 4.74 Å². The zero-order valence-electron chi connectivity index (χ0n) is 7.55. The van der Waals surface area contributed by atoms with Crippen LogP contribution in [0.2, 0.25) is 0 Å². The third-order valence-electron chi connectivity index (χ3n) is 2.37. The molecule has 0 unspecified atom stereocenters. The predicted molar refractivity (Wildman–Crippen MR) is 46.7 cm³/mol. The van der Waals surface area contributed by atoms with Gasteiger partial charge in [-0.1, -0.05) is 6.07 Å². The summed E-state index contributed by atoms with van der Waals surface area (Å²) in [5.41, 5.74) is 2.87. The smallest absolute Gasteiger partial charge is 0.342 e. The van der Waals surface area contributed by atoms with Crippen molar-refractivity contribution < 1.29 is 14.6 Å². The molecule has 3 nitrogen and oxygen atoms in total. The Balaban J connectivity index is 2.77. The Morgan fingerprint density at radius 1 is 1.38 bits per heavy atom. The Bertz CT molecular complexity index is 394. The summed E-state index contributed by atoms with van der Waals surface area (Å²) in [6, 6.07) is 1.86. The van der Waals surface area contributed by atoms with E-state index in [1.165, 1.54) is 0 Å². The number of esters is 1. The molecule has 1 aromatic rings. The number of cyclic esters (lactones) is 1. The molecule has 1 aliphatic heterocycles. The van der Waals surface area contributed by atoms with E-state index in [1.807, 2.05) is 13.0 Å². The predicted octanol–water partition coefficient (Wildman–Crippen LogP) is 1.68. The third kappa shape index (κ3) is 1.00. The molecule has 0 saturated carbocycles. The van der Waals surface area contributed by atoms with Crippen molar-refractivity contribution >= 4 is 5.97 Å². The number of phenolic OH excluding ortho intramolecular Hbond substituents is 1. The zero-order valence-corrected chi connectivity index (χ0v) is 7.55. The highest BCUT2D eigenvalue weighted by atomic mass is 16.5. The normalized spacial score (nSPS) is 14.2. The van der Waals surface area contributed by atoms with Crippen molar-refractivity contribution in [2.75, 3.05) is 0 Å². The number of phenols is 1. The molecule has 13 heavy (non-hydrogen) atoms. The average molecular weight is 178 g/mol. The van der Waals surface area contributed by atoms with Crippen LogP contribution in [0.25, 0.3) is 0 Å². The highest BCUT2D eigenvalue weighted by Gasteiger charge is 2.27. The van der Waals surface area contributed by atoms with E-state index in [9.17, 15) is 9.90 Å². The maximum absolute atomic E-state index is 11.2. The fourth-order valence-electron chi connectivity index (χ4n) is 1.63. The van der Waals surface area contributed by atoms with Crippen molar-refractivity contribution in [1.29, 1.82) is 0 Å². The number of aromatic hydroxyl groups is 1. The molecule has 0 saturated heterocycles. The van der Waals surface area contributed by atoms with Gasteiger partial charge in [0.05, 0.1) is 0 Å². The second kappa shape index (κ2) is 2.49. The standard InChI is InChI=1S/C10H10O3/c1-5-3-6(2)9(11)8-7(5)4-13-10(8)12/h3,11H,4H2,1-2H3. The summed E-state index contributed by atoms with van der Waals surface area (Å²) in [5.74, 6) is -0.359. The van der Waals surface area contributed by atoms with Gasteiger partial charge in [0, 0.05) is 5.56 Å². The van der Waals surface area contributed by atoms with Gasteiger partial charge in [-0.3, -0.25) is 0 Å². The summed E-state index contributed by atoms with van der Waals surface area (Å²) in [5, 5.41) is 9.61. The highest BCUT2D eigenvalue weighted by Crippen LogP contribution is 2.33. The third-order valence-corrected chi connectivity index (χ3v) is 2.37. The van der Waals surface area contributed by atoms with Crippen LogP contribution in [0.5, 0.6) is 5.75 Å². The average Bonchev–Trinajstić information content (AvgIpc) is 2.44. The van der Waals surface area contributed by atoms with Crippen molar-refractivity contribution in [3.8, 4) is 5.75 Å². The number of benzene rings is 1. The molecular formula is C10H10O3. The molecule has 0 radical (unpaired) electrons. The Kier molecular flexibility index (Phi) is 1.55. The SMILES string of the molecule is Cc1cc(C)c2c(c1O)C(=O)OC2. The van der Waals surface area contributed by atoms with E-state index in [-0.39, 0.29) is 12.4 Å². The van der Waals surface area contributed by atoms with E-state index in [0.29, 0.717) is 5.56 Å². The van der Waals surface area contributed by atoms with Crippen LogP contribution >= 0.6 is 0 Å². The monoisotopic (exact) mass is 178 g/mol. The first-order valence-corrected chi connectivity index (χ1v) is 4.10. The van der Waals surface area contributed by atoms with Crippen LogP contribution in [0.15, 0.2) is 6.07 Å². The number of hydrogen-bond acceptors (Lipinski definition) is 3. The van der Waals surface area contributed by atoms with Gasteiger partial charge in [0.1, 0.15) is 17.9 Å². The molecule has 3 heteroatoms. The van der Waals surface area contributed by atoms with E-state index < -0.39 is 5.97 Å². The molecule has 2 rings (SSSR count). The summed E-state index contributed by atoms with van der Waals surface area (Å²) in [4.78, 5) is 11.2. The van der Waals surface area contributed by atoms with Gasteiger partial charge in [0.2, 0.25) is 0 Å². The minimum absolute atomic E-state index is 0.0584. The molecule has 0 spiro atoms. The summed E-state index contributed by atoms with van der Waals surface area (Å²) in [6.07, 6.45) is 0. The molecule has 1 N–H and O–H groups in total. The van der Waals surface area contributed by atoms with Gasteiger partial charge in [0.15, 0.2) is 0 Å². The fourth-order valence-corrected chi connectivity index (χ4v) is 1.63. The summed E-state index contributed by atoms with van der Waals surface area (Å²) >= 11 is 0. The van der Waals surface area contributed by atoms with Gasteiger partial charge in [-0.15, -0.1) is 0 Å². The number of fused-ring (bicyclic) bond motifs is 1. The van der Waals surface area contributed by atoms with Crippen LogP contribution < -0.4 is 0 Å². The molecule has 0 fully saturated rings. The van der Waals surface area contributed by atoms with E-state index in [0.717, 1.165) is 16.7 Å². The number of ether oxygens (including phenoxy) is 1. The number of carbonyl (C=O) groups excluding carboxylic acids is 1. The van der Waals surface area contributed by atoms with Crippen molar-refractivity contribution in [3.63, 3.8) is 0 Å². The zero-order chi connectivity index (χ0) is 9.59. The molecular weight excluding hydrogens is 168 g/mol. The Morgan fingerprint density at radius 2 is 2.08 bits per heavy atom. The minimum atomic E-state index is -0.417. The van der Waals surface area contributed by atoms with Crippen molar-refractivity contribution in [3.05, 3.63) is 28.3 Å². The second-order valence-corrected chi connectivity index (χ2v) is 3.29. The minimum Gasteiger partial charge on any atom is -0.507 e. The maximum atomic E-state index is 11.2. The molecule has 1 aromatic carbocycles. The van der Waals surface area contributed by atoms with E-state index in [1.54, 1.807) is 6.92 Å².